The molecule has 7 nitrogen and oxygen atoms in total. The summed E-state index contributed by atoms with van der Waals surface area (Å²) in [6.45, 7) is 2.11. The summed E-state index contributed by atoms with van der Waals surface area (Å²) in [7, 11) is -0.879. The van der Waals surface area contributed by atoms with Gasteiger partial charge < -0.3 is 5.73 Å². The summed E-state index contributed by atoms with van der Waals surface area (Å²) in [4.78, 5) is 21.9. The number of carbonyl (C=O) groups is 1. The van der Waals surface area contributed by atoms with Gasteiger partial charge in [0, 0.05) is 55.1 Å². The Hall–Kier alpha value is -2.32. The molecule has 0 aliphatic carbocycles. The largest absolute Gasteiger partial charge is 0.351 e. The molecule has 1 atom stereocenters. The van der Waals surface area contributed by atoms with E-state index in [-0.39, 0.29) is 0 Å². The SMILES string of the molecule is NC(=O)N1CCCc2cc(-c3cncc(CN4CCCS4=O)c3)cnc21. The Bertz CT molecular complexity index is 872. The van der Waals surface area contributed by atoms with E-state index in [0.717, 1.165) is 53.8 Å². The van der Waals surface area contributed by atoms with Gasteiger partial charge in [-0.3, -0.25) is 9.88 Å². The second-order valence-corrected chi connectivity index (χ2v) is 8.19. The Morgan fingerprint density at radius 3 is 2.77 bits per heavy atom. The fourth-order valence-corrected chi connectivity index (χ4v) is 4.78. The predicted octanol–water partition coefficient (Wildman–Crippen LogP) is 1.84. The van der Waals surface area contributed by atoms with Crippen molar-refractivity contribution < 1.29 is 9.00 Å². The Morgan fingerprint density at radius 2 is 2.00 bits per heavy atom. The van der Waals surface area contributed by atoms with E-state index < -0.39 is 17.0 Å². The highest BCUT2D eigenvalue weighted by Gasteiger charge is 2.23. The van der Waals surface area contributed by atoms with E-state index in [0.29, 0.717) is 18.9 Å². The number of hydrogen-bond acceptors (Lipinski definition) is 4. The molecule has 1 saturated heterocycles. The van der Waals surface area contributed by atoms with Gasteiger partial charge in [0.1, 0.15) is 5.82 Å². The second-order valence-electron chi connectivity index (χ2n) is 6.62. The molecule has 0 saturated carbocycles. The number of hydrogen-bond donors (Lipinski definition) is 1. The average molecular weight is 371 g/mol. The Labute approximate surface area is 154 Å². The highest BCUT2D eigenvalue weighted by molar-refractivity contribution is 7.82. The molecule has 4 heterocycles. The van der Waals surface area contributed by atoms with Crippen molar-refractivity contribution >= 4 is 22.8 Å². The Balaban J connectivity index is 1.61. The number of amides is 2. The van der Waals surface area contributed by atoms with Crippen molar-refractivity contribution in [2.45, 2.75) is 25.8 Å². The molecule has 26 heavy (non-hydrogen) atoms. The zero-order valence-corrected chi connectivity index (χ0v) is 15.2. The maximum absolute atomic E-state index is 11.9. The molecule has 2 aliphatic heterocycles. The first-order valence-electron chi connectivity index (χ1n) is 8.75. The Morgan fingerprint density at radius 1 is 1.15 bits per heavy atom. The van der Waals surface area contributed by atoms with Crippen LogP contribution in [0.25, 0.3) is 11.1 Å². The normalized spacial score (nSPS) is 20.2. The molecule has 0 radical (unpaired) electrons. The second kappa shape index (κ2) is 7.13. The molecule has 1 unspecified atom stereocenters. The highest BCUT2D eigenvalue weighted by atomic mass is 32.2. The van der Waals surface area contributed by atoms with Crippen LogP contribution in [0.5, 0.6) is 0 Å². The summed E-state index contributed by atoms with van der Waals surface area (Å²) < 4.78 is 13.9. The molecule has 4 rings (SSSR count). The van der Waals surface area contributed by atoms with Crippen molar-refractivity contribution in [3.05, 3.63) is 41.9 Å². The molecular weight excluding hydrogens is 350 g/mol. The summed E-state index contributed by atoms with van der Waals surface area (Å²) in [6.07, 6.45) is 8.11. The number of nitrogens with two attached hydrogens (primary N) is 1. The fourth-order valence-electron chi connectivity index (χ4n) is 3.52. The van der Waals surface area contributed by atoms with Gasteiger partial charge in [0.25, 0.3) is 0 Å². The van der Waals surface area contributed by atoms with Crippen molar-refractivity contribution in [2.24, 2.45) is 5.73 Å². The van der Waals surface area contributed by atoms with Gasteiger partial charge in [-0.05, 0) is 42.5 Å². The first kappa shape index (κ1) is 17.1. The van der Waals surface area contributed by atoms with Gasteiger partial charge in [0.2, 0.25) is 0 Å². The van der Waals surface area contributed by atoms with Gasteiger partial charge in [-0.25, -0.2) is 18.3 Å². The number of fused-ring (bicyclic) bond motifs is 1. The molecule has 136 valence electrons. The van der Waals surface area contributed by atoms with Crippen molar-refractivity contribution in [1.29, 1.82) is 0 Å². The number of primary amides is 1. The lowest BCUT2D eigenvalue weighted by molar-refractivity contribution is 0.253. The molecule has 2 N–H and O–H groups in total. The molecule has 2 amide bonds. The molecule has 0 aromatic carbocycles. The zero-order valence-electron chi connectivity index (χ0n) is 14.4. The number of rotatable bonds is 3. The molecule has 2 aromatic heterocycles. The van der Waals surface area contributed by atoms with Crippen LogP contribution < -0.4 is 10.6 Å². The number of anilines is 1. The van der Waals surface area contributed by atoms with Crippen molar-refractivity contribution in [1.82, 2.24) is 14.3 Å². The van der Waals surface area contributed by atoms with Crippen molar-refractivity contribution in [2.75, 3.05) is 23.7 Å². The van der Waals surface area contributed by atoms with E-state index in [9.17, 15) is 9.00 Å². The number of carbonyl (C=O) groups excluding carboxylic acids is 1. The number of pyridine rings is 2. The quantitative estimate of drug-likeness (QED) is 0.891. The third-order valence-electron chi connectivity index (χ3n) is 4.79. The number of nitrogens with zero attached hydrogens (tertiary/aromatic N) is 4. The van der Waals surface area contributed by atoms with Crippen LogP contribution in [0.4, 0.5) is 10.6 Å². The molecule has 2 aromatic rings. The molecule has 2 aliphatic rings. The summed E-state index contributed by atoms with van der Waals surface area (Å²) in [5, 5.41) is 0. The van der Waals surface area contributed by atoms with E-state index >= 15 is 0 Å². The van der Waals surface area contributed by atoms with Gasteiger partial charge in [-0.2, -0.15) is 0 Å². The summed E-state index contributed by atoms with van der Waals surface area (Å²) in [5.41, 5.74) is 9.45. The Kier molecular flexibility index (Phi) is 4.69. The first-order valence-corrected chi connectivity index (χ1v) is 10.0. The number of urea groups is 1. The van der Waals surface area contributed by atoms with Crippen molar-refractivity contribution in [3.63, 3.8) is 0 Å². The lowest BCUT2D eigenvalue weighted by atomic mass is 10.0. The van der Waals surface area contributed by atoms with Crippen molar-refractivity contribution in [3.8, 4) is 11.1 Å². The maximum atomic E-state index is 11.9. The van der Waals surface area contributed by atoms with E-state index in [2.05, 4.69) is 22.1 Å². The highest BCUT2D eigenvalue weighted by Crippen LogP contribution is 2.29. The predicted molar refractivity (Wildman–Crippen MR) is 101 cm³/mol. The third kappa shape index (κ3) is 3.34. The zero-order chi connectivity index (χ0) is 18.1. The maximum Gasteiger partial charge on any atom is 0.320 e. The van der Waals surface area contributed by atoms with Crippen LogP contribution in [0.15, 0.2) is 30.7 Å². The molecular formula is C18H21N5O2S. The molecule has 8 heteroatoms. The molecule has 0 spiro atoms. The fraction of sp³-hybridized carbons (Fsp3) is 0.389. The lowest BCUT2D eigenvalue weighted by Crippen LogP contribution is -2.40. The average Bonchev–Trinajstić information content (AvgIpc) is 3.05. The molecule has 1 fully saturated rings. The first-order chi connectivity index (χ1) is 12.6. The number of aromatic nitrogens is 2. The number of aryl methyl sites for hydroxylation is 1. The lowest BCUT2D eigenvalue weighted by Gasteiger charge is -2.26. The van der Waals surface area contributed by atoms with Gasteiger partial charge in [0.15, 0.2) is 0 Å². The van der Waals surface area contributed by atoms with Crippen LogP contribution in [-0.4, -0.2) is 43.4 Å². The van der Waals surface area contributed by atoms with Gasteiger partial charge >= 0.3 is 6.03 Å². The van der Waals surface area contributed by atoms with Crippen LogP contribution >= 0.6 is 0 Å². The van der Waals surface area contributed by atoms with E-state index in [1.54, 1.807) is 6.20 Å². The standard InChI is InChI=1S/C18H21N5O2S/c19-18(24)23-5-1-3-14-8-16(11-21-17(14)23)15-7-13(9-20-10-15)12-22-4-2-6-26(22)25/h7-11H,1-6,12H2,(H2,19,24). The van der Waals surface area contributed by atoms with E-state index in [1.165, 1.54) is 4.90 Å². The van der Waals surface area contributed by atoms with E-state index in [1.807, 2.05) is 16.7 Å². The minimum absolute atomic E-state index is 0.464. The smallest absolute Gasteiger partial charge is 0.320 e. The van der Waals surface area contributed by atoms with Crippen LogP contribution in [-0.2, 0) is 24.0 Å². The third-order valence-corrected chi connectivity index (χ3v) is 6.32. The van der Waals surface area contributed by atoms with Gasteiger partial charge in [0.05, 0.1) is 11.0 Å². The van der Waals surface area contributed by atoms with Crippen LogP contribution in [0.3, 0.4) is 0 Å². The van der Waals surface area contributed by atoms with Crippen LogP contribution in [0, 0.1) is 0 Å². The monoisotopic (exact) mass is 371 g/mol. The van der Waals surface area contributed by atoms with E-state index in [4.69, 9.17) is 5.73 Å². The van der Waals surface area contributed by atoms with Crippen LogP contribution in [0.2, 0.25) is 0 Å². The van der Waals surface area contributed by atoms with Gasteiger partial charge in [-0.1, -0.05) is 0 Å². The van der Waals surface area contributed by atoms with Gasteiger partial charge in [-0.15, -0.1) is 0 Å². The summed E-state index contributed by atoms with van der Waals surface area (Å²) in [6, 6.07) is 3.67. The topological polar surface area (TPSA) is 92.4 Å². The minimum atomic E-state index is -0.879. The summed E-state index contributed by atoms with van der Waals surface area (Å²) in [5.74, 6) is 1.40. The van der Waals surface area contributed by atoms with Crippen LogP contribution in [0.1, 0.15) is 24.0 Å². The molecule has 0 bridgehead atoms. The minimum Gasteiger partial charge on any atom is -0.351 e. The summed E-state index contributed by atoms with van der Waals surface area (Å²) >= 11 is 0.